The van der Waals surface area contributed by atoms with Crippen LogP contribution in [0, 0.1) is 0 Å². The molecule has 0 fully saturated rings. The van der Waals surface area contributed by atoms with Crippen molar-refractivity contribution in [2.45, 2.75) is 39.2 Å². The zero-order valence-corrected chi connectivity index (χ0v) is 28.8. The van der Waals surface area contributed by atoms with Crippen LogP contribution in [0.2, 0.25) is 0 Å². The second-order valence-electron chi connectivity index (χ2n) is 11.8. The van der Waals surface area contributed by atoms with E-state index in [4.69, 9.17) is 19.2 Å². The van der Waals surface area contributed by atoms with Gasteiger partial charge in [0.2, 0.25) is 0 Å². The molecular weight excluding hydrogens is 635 g/mol. The standard InChI is InChI=1S/C40H39N3O5S/c1-5-26(2)29-17-19-32(20-18-29)47-22-23-48-33-21-16-28(24-34(33)46-4)25-35-39(45)43-37(30-12-8-6-9-13-30)36(27(3)41-40(43)49-35)38(44)42-31-14-10-7-11-15-31/h6-21,24-26,37H,5,22-23H2,1-4H3,(H,42,44)/b35-25-/t26-,37+/m1/s1. The highest BCUT2D eigenvalue weighted by atomic mass is 32.1. The topological polar surface area (TPSA) is 91.2 Å². The first-order valence-corrected chi connectivity index (χ1v) is 17.2. The molecule has 1 aliphatic rings. The van der Waals surface area contributed by atoms with Gasteiger partial charge in [-0.05, 0) is 78.4 Å². The lowest BCUT2D eigenvalue weighted by molar-refractivity contribution is -0.113. The minimum absolute atomic E-state index is 0.233. The van der Waals surface area contributed by atoms with Crippen LogP contribution in [-0.2, 0) is 4.79 Å². The Labute approximate surface area is 289 Å². The Morgan fingerprint density at radius 2 is 1.63 bits per heavy atom. The zero-order chi connectivity index (χ0) is 34.3. The van der Waals surface area contributed by atoms with Crippen molar-refractivity contribution >= 4 is 29.0 Å². The maximum atomic E-state index is 14.1. The molecule has 2 atom stereocenters. The van der Waals surface area contributed by atoms with Gasteiger partial charge >= 0.3 is 0 Å². The van der Waals surface area contributed by atoms with Crippen molar-refractivity contribution in [3.8, 4) is 17.2 Å². The van der Waals surface area contributed by atoms with Crippen molar-refractivity contribution < 1.29 is 19.0 Å². The number of amides is 1. The molecule has 0 saturated carbocycles. The Kier molecular flexibility index (Phi) is 10.4. The molecule has 0 unspecified atom stereocenters. The number of ether oxygens (including phenoxy) is 3. The molecule has 2 heterocycles. The molecule has 0 radical (unpaired) electrons. The number of anilines is 1. The van der Waals surface area contributed by atoms with E-state index in [1.54, 1.807) is 11.7 Å². The number of benzene rings is 4. The summed E-state index contributed by atoms with van der Waals surface area (Å²) in [6.07, 6.45) is 2.91. The number of hydrogen-bond acceptors (Lipinski definition) is 7. The average molecular weight is 674 g/mol. The summed E-state index contributed by atoms with van der Waals surface area (Å²) in [5.74, 6) is 2.12. The number of aromatic nitrogens is 1. The van der Waals surface area contributed by atoms with Gasteiger partial charge in [0.05, 0.1) is 29.0 Å². The van der Waals surface area contributed by atoms with E-state index >= 15 is 0 Å². The highest BCUT2D eigenvalue weighted by Gasteiger charge is 2.32. The monoisotopic (exact) mass is 673 g/mol. The molecule has 0 spiro atoms. The third-order valence-corrected chi connectivity index (χ3v) is 9.55. The number of carbonyl (C=O) groups is 1. The van der Waals surface area contributed by atoms with Crippen LogP contribution < -0.4 is 34.4 Å². The lowest BCUT2D eigenvalue weighted by Gasteiger charge is -2.25. The SMILES string of the molecule is CC[C@@H](C)c1ccc(OCCOc2ccc(/C=c3\sc4n(c3=O)[C@@H](c3ccccc3)C(C(=O)Nc3ccccc3)=C(C)N=4)cc2OC)cc1. The molecule has 8 nitrogen and oxygen atoms in total. The molecule has 1 N–H and O–H groups in total. The van der Waals surface area contributed by atoms with Gasteiger partial charge < -0.3 is 19.5 Å². The van der Waals surface area contributed by atoms with Crippen LogP contribution in [0.3, 0.4) is 0 Å². The summed E-state index contributed by atoms with van der Waals surface area (Å²) in [7, 11) is 1.58. The predicted octanol–water partition coefficient (Wildman–Crippen LogP) is 6.85. The van der Waals surface area contributed by atoms with E-state index in [0.717, 1.165) is 23.3 Å². The fraction of sp³-hybridized carbons (Fsp3) is 0.225. The van der Waals surface area contributed by atoms with Gasteiger partial charge in [0.25, 0.3) is 11.5 Å². The number of rotatable bonds is 12. The summed E-state index contributed by atoms with van der Waals surface area (Å²) >= 11 is 1.29. The van der Waals surface area contributed by atoms with Crippen LogP contribution in [0.15, 0.2) is 124 Å². The molecule has 6 rings (SSSR count). The normalized spacial score (nSPS) is 14.9. The minimum atomic E-state index is -0.645. The number of carbonyl (C=O) groups excluding carboxylic acids is 1. The summed E-state index contributed by atoms with van der Waals surface area (Å²) in [6, 6.07) is 31.9. The maximum absolute atomic E-state index is 14.1. The van der Waals surface area contributed by atoms with E-state index in [9.17, 15) is 9.59 Å². The van der Waals surface area contributed by atoms with Gasteiger partial charge in [-0.1, -0.05) is 91.9 Å². The van der Waals surface area contributed by atoms with E-state index in [0.29, 0.717) is 56.9 Å². The third kappa shape index (κ3) is 7.52. The van der Waals surface area contributed by atoms with Gasteiger partial charge in [-0.3, -0.25) is 14.2 Å². The molecule has 1 amide bonds. The number of nitrogens with one attached hydrogen (secondary N) is 1. The first-order chi connectivity index (χ1) is 23.9. The minimum Gasteiger partial charge on any atom is -0.493 e. The number of thiazole rings is 1. The second-order valence-corrected chi connectivity index (χ2v) is 12.8. The van der Waals surface area contributed by atoms with E-state index in [1.807, 2.05) is 104 Å². The van der Waals surface area contributed by atoms with E-state index in [2.05, 4.69) is 31.3 Å². The van der Waals surface area contributed by atoms with Gasteiger partial charge in [-0.25, -0.2) is 4.99 Å². The molecule has 0 aliphatic carbocycles. The Balaban J connectivity index is 1.23. The molecule has 250 valence electrons. The fourth-order valence-corrected chi connectivity index (χ4v) is 6.81. The molecule has 5 aromatic rings. The van der Waals surface area contributed by atoms with Crippen molar-refractivity contribution in [3.63, 3.8) is 0 Å². The summed E-state index contributed by atoms with van der Waals surface area (Å²) in [4.78, 5) is 33.1. The number of methoxy groups -OCH3 is 1. The number of nitrogens with zero attached hydrogens (tertiary/aromatic N) is 2. The molecule has 0 bridgehead atoms. The molecule has 1 aliphatic heterocycles. The summed E-state index contributed by atoms with van der Waals surface area (Å²) < 4.78 is 19.6. The Hall–Kier alpha value is -5.41. The first kappa shape index (κ1) is 33.5. The molecule has 49 heavy (non-hydrogen) atoms. The van der Waals surface area contributed by atoms with Crippen LogP contribution in [0.1, 0.15) is 55.8 Å². The van der Waals surface area contributed by atoms with E-state index < -0.39 is 6.04 Å². The maximum Gasteiger partial charge on any atom is 0.271 e. The lowest BCUT2D eigenvalue weighted by Crippen LogP contribution is -2.40. The van der Waals surface area contributed by atoms with Gasteiger partial charge in [-0.2, -0.15) is 0 Å². The smallest absolute Gasteiger partial charge is 0.271 e. The molecule has 4 aromatic carbocycles. The van der Waals surface area contributed by atoms with Gasteiger partial charge in [0.15, 0.2) is 16.3 Å². The van der Waals surface area contributed by atoms with Crippen molar-refractivity contribution in [2.75, 3.05) is 25.6 Å². The van der Waals surface area contributed by atoms with Crippen molar-refractivity contribution in [2.24, 2.45) is 4.99 Å². The molecule has 1 aromatic heterocycles. The molecule has 0 saturated heterocycles. The van der Waals surface area contributed by atoms with Crippen molar-refractivity contribution in [1.29, 1.82) is 0 Å². The highest BCUT2D eigenvalue weighted by Crippen LogP contribution is 2.31. The average Bonchev–Trinajstić information content (AvgIpc) is 3.43. The fourth-order valence-electron chi connectivity index (χ4n) is 5.77. The van der Waals surface area contributed by atoms with Crippen LogP contribution >= 0.6 is 11.3 Å². The quantitative estimate of drug-likeness (QED) is 0.146. The van der Waals surface area contributed by atoms with E-state index in [1.165, 1.54) is 16.9 Å². The Morgan fingerprint density at radius 1 is 0.939 bits per heavy atom. The van der Waals surface area contributed by atoms with Crippen LogP contribution in [-0.4, -0.2) is 30.8 Å². The number of para-hydroxylation sites is 1. The summed E-state index contributed by atoms with van der Waals surface area (Å²) in [5, 5.41) is 2.98. The van der Waals surface area contributed by atoms with Crippen LogP contribution in [0.25, 0.3) is 6.08 Å². The number of allylic oxidation sites excluding steroid dienone is 1. The highest BCUT2D eigenvalue weighted by molar-refractivity contribution is 7.07. The number of hydrogen-bond donors (Lipinski definition) is 1. The first-order valence-electron chi connectivity index (χ1n) is 16.3. The zero-order valence-electron chi connectivity index (χ0n) is 28.0. The van der Waals surface area contributed by atoms with Gasteiger partial charge in [0, 0.05) is 5.69 Å². The Morgan fingerprint density at radius 3 is 2.33 bits per heavy atom. The third-order valence-electron chi connectivity index (χ3n) is 8.57. The molecular formula is C40H39N3O5S. The summed E-state index contributed by atoms with van der Waals surface area (Å²) in [5.41, 5.74) is 4.29. The summed E-state index contributed by atoms with van der Waals surface area (Å²) in [6.45, 7) is 6.92. The lowest BCUT2D eigenvalue weighted by atomic mass is 9.95. The van der Waals surface area contributed by atoms with Crippen LogP contribution in [0.5, 0.6) is 17.2 Å². The number of fused-ring (bicyclic) bond motifs is 1. The van der Waals surface area contributed by atoms with Crippen LogP contribution in [0.4, 0.5) is 5.69 Å². The largest absolute Gasteiger partial charge is 0.493 e. The van der Waals surface area contributed by atoms with E-state index in [-0.39, 0.29) is 11.5 Å². The second kappa shape index (κ2) is 15.2. The van der Waals surface area contributed by atoms with Crippen molar-refractivity contribution in [1.82, 2.24) is 4.57 Å². The van der Waals surface area contributed by atoms with Crippen molar-refractivity contribution in [3.05, 3.63) is 151 Å². The predicted molar refractivity (Wildman–Crippen MR) is 194 cm³/mol. The van der Waals surface area contributed by atoms with Gasteiger partial charge in [0.1, 0.15) is 19.0 Å². The van der Waals surface area contributed by atoms with Gasteiger partial charge in [-0.15, -0.1) is 0 Å². The molecule has 9 heteroatoms. The Bertz CT molecular complexity index is 2140.